The average Bonchev–Trinajstić information content (AvgIpc) is 2.35. The highest BCUT2D eigenvalue weighted by Crippen LogP contribution is 2.35. The summed E-state index contributed by atoms with van der Waals surface area (Å²) in [5.74, 6) is 0.139. The quantitative estimate of drug-likeness (QED) is 0.925. The van der Waals surface area contributed by atoms with Crippen molar-refractivity contribution in [2.24, 2.45) is 0 Å². The van der Waals surface area contributed by atoms with E-state index >= 15 is 0 Å². The summed E-state index contributed by atoms with van der Waals surface area (Å²) in [5, 5.41) is 3.25. The molecule has 2 rings (SSSR count). The van der Waals surface area contributed by atoms with Gasteiger partial charge in [0.05, 0.1) is 17.9 Å². The molecule has 1 aromatic rings. The van der Waals surface area contributed by atoms with E-state index in [2.05, 4.69) is 41.2 Å². The van der Waals surface area contributed by atoms with Crippen LogP contribution < -0.4 is 15.1 Å². The molecule has 0 atom stereocenters. The lowest BCUT2D eigenvalue weighted by molar-refractivity contribution is -0.117. The van der Waals surface area contributed by atoms with Gasteiger partial charge in [0.1, 0.15) is 0 Å². The van der Waals surface area contributed by atoms with E-state index in [1.165, 1.54) is 0 Å². The molecule has 0 radical (unpaired) electrons. The fraction of sp³-hybridized carbons (Fsp3) is 0.500. The van der Waals surface area contributed by atoms with Crippen LogP contribution in [-0.4, -0.2) is 38.6 Å². The van der Waals surface area contributed by atoms with Crippen LogP contribution in [0.25, 0.3) is 0 Å². The van der Waals surface area contributed by atoms with E-state index < -0.39 is 0 Å². The van der Waals surface area contributed by atoms with Gasteiger partial charge in [-0.2, -0.15) is 0 Å². The number of hydrogen-bond donors (Lipinski definition) is 1. The standard InChI is InChI=1S/C14H20BrN3O/c1-14(2,16-3)9-18-11-6-5-10(15)7-12(11)17(4)8-13(18)19/h5-7,16H,8-9H2,1-4H3. The van der Waals surface area contributed by atoms with Crippen molar-refractivity contribution in [1.82, 2.24) is 5.32 Å². The van der Waals surface area contributed by atoms with Crippen molar-refractivity contribution in [2.45, 2.75) is 19.4 Å². The molecular formula is C14H20BrN3O. The normalized spacial score (nSPS) is 15.7. The smallest absolute Gasteiger partial charge is 0.246 e. The summed E-state index contributed by atoms with van der Waals surface area (Å²) in [6.45, 7) is 5.27. The van der Waals surface area contributed by atoms with E-state index in [1.807, 2.05) is 36.0 Å². The number of anilines is 2. The predicted octanol–water partition coefficient (Wildman–Crippen LogP) is 2.23. The van der Waals surface area contributed by atoms with Gasteiger partial charge in [0.2, 0.25) is 5.91 Å². The molecule has 0 bridgehead atoms. The molecule has 1 amide bonds. The second kappa shape index (κ2) is 5.13. The third kappa shape index (κ3) is 2.92. The van der Waals surface area contributed by atoms with Crippen LogP contribution in [0.3, 0.4) is 0 Å². The first kappa shape index (κ1) is 14.3. The lowest BCUT2D eigenvalue weighted by atomic mass is 10.0. The van der Waals surface area contributed by atoms with Crippen molar-refractivity contribution in [3.63, 3.8) is 0 Å². The van der Waals surface area contributed by atoms with Gasteiger partial charge >= 0.3 is 0 Å². The molecule has 19 heavy (non-hydrogen) atoms. The third-order valence-corrected chi connectivity index (χ3v) is 4.04. The zero-order chi connectivity index (χ0) is 14.2. The van der Waals surface area contributed by atoms with Crippen LogP contribution in [0.4, 0.5) is 11.4 Å². The number of hydrogen-bond acceptors (Lipinski definition) is 3. The van der Waals surface area contributed by atoms with E-state index in [4.69, 9.17) is 0 Å². The van der Waals surface area contributed by atoms with Crippen LogP contribution in [0.15, 0.2) is 22.7 Å². The number of amides is 1. The number of rotatable bonds is 3. The highest BCUT2D eigenvalue weighted by molar-refractivity contribution is 9.10. The largest absolute Gasteiger partial charge is 0.364 e. The number of halogens is 1. The van der Waals surface area contributed by atoms with Crippen LogP contribution in [0, 0.1) is 0 Å². The fourth-order valence-corrected chi connectivity index (χ4v) is 2.54. The highest BCUT2D eigenvalue weighted by Gasteiger charge is 2.31. The van der Waals surface area contributed by atoms with Crippen LogP contribution in [-0.2, 0) is 4.79 Å². The van der Waals surface area contributed by atoms with Gasteiger partial charge in [-0.05, 0) is 39.1 Å². The number of benzene rings is 1. The molecular weight excluding hydrogens is 306 g/mol. The summed E-state index contributed by atoms with van der Waals surface area (Å²) in [4.78, 5) is 16.2. The van der Waals surface area contributed by atoms with Crippen molar-refractivity contribution in [2.75, 3.05) is 37.0 Å². The summed E-state index contributed by atoms with van der Waals surface area (Å²) in [7, 11) is 3.87. The Morgan fingerprint density at radius 1 is 1.37 bits per heavy atom. The zero-order valence-corrected chi connectivity index (χ0v) is 13.4. The Labute approximate surface area is 122 Å². The maximum atomic E-state index is 12.3. The molecule has 0 saturated carbocycles. The average molecular weight is 326 g/mol. The third-order valence-electron chi connectivity index (χ3n) is 3.54. The maximum absolute atomic E-state index is 12.3. The van der Waals surface area contributed by atoms with E-state index in [9.17, 15) is 4.79 Å². The Hall–Kier alpha value is -1.07. The minimum atomic E-state index is -0.115. The van der Waals surface area contributed by atoms with Crippen LogP contribution >= 0.6 is 15.9 Å². The molecule has 1 aliphatic rings. The van der Waals surface area contributed by atoms with Gasteiger partial charge in [0.25, 0.3) is 0 Å². The SMILES string of the molecule is CNC(C)(C)CN1C(=O)CN(C)c2cc(Br)ccc21. The summed E-state index contributed by atoms with van der Waals surface area (Å²) in [6.07, 6.45) is 0. The lowest BCUT2D eigenvalue weighted by Crippen LogP contribution is -2.53. The molecule has 0 fully saturated rings. The van der Waals surface area contributed by atoms with Crippen LogP contribution in [0.2, 0.25) is 0 Å². The van der Waals surface area contributed by atoms with E-state index in [-0.39, 0.29) is 11.4 Å². The Morgan fingerprint density at radius 3 is 2.68 bits per heavy atom. The molecule has 5 heteroatoms. The van der Waals surface area contributed by atoms with Crippen LogP contribution in [0.5, 0.6) is 0 Å². The second-order valence-electron chi connectivity index (χ2n) is 5.60. The van der Waals surface area contributed by atoms with Crippen molar-refractivity contribution in [1.29, 1.82) is 0 Å². The maximum Gasteiger partial charge on any atom is 0.246 e. The molecule has 0 spiro atoms. The first-order chi connectivity index (χ1) is 8.84. The molecule has 4 nitrogen and oxygen atoms in total. The number of nitrogens with zero attached hydrogens (tertiary/aromatic N) is 2. The van der Waals surface area contributed by atoms with Gasteiger partial charge in [-0.15, -0.1) is 0 Å². The zero-order valence-electron chi connectivity index (χ0n) is 11.8. The Morgan fingerprint density at radius 2 is 2.05 bits per heavy atom. The topological polar surface area (TPSA) is 35.6 Å². The first-order valence-electron chi connectivity index (χ1n) is 6.34. The molecule has 0 unspecified atom stereocenters. The minimum Gasteiger partial charge on any atom is -0.364 e. The van der Waals surface area contributed by atoms with Crippen molar-refractivity contribution < 1.29 is 4.79 Å². The monoisotopic (exact) mass is 325 g/mol. The summed E-state index contributed by atoms with van der Waals surface area (Å²) in [5.41, 5.74) is 1.95. The molecule has 1 heterocycles. The molecule has 104 valence electrons. The fourth-order valence-electron chi connectivity index (χ4n) is 2.19. The molecule has 0 saturated heterocycles. The van der Waals surface area contributed by atoms with Gasteiger partial charge in [-0.1, -0.05) is 15.9 Å². The number of likely N-dealkylation sites (N-methyl/N-ethyl adjacent to an activating group) is 2. The number of carbonyl (C=O) groups excluding carboxylic acids is 1. The molecule has 1 N–H and O–H groups in total. The Bertz CT molecular complexity index is 501. The Balaban J connectivity index is 2.40. The predicted molar refractivity (Wildman–Crippen MR) is 82.9 cm³/mol. The molecule has 0 aromatic heterocycles. The Kier molecular flexibility index (Phi) is 3.87. The highest BCUT2D eigenvalue weighted by atomic mass is 79.9. The molecule has 0 aliphatic carbocycles. The second-order valence-corrected chi connectivity index (χ2v) is 6.52. The van der Waals surface area contributed by atoms with Gasteiger partial charge in [0.15, 0.2) is 0 Å². The van der Waals surface area contributed by atoms with Crippen molar-refractivity contribution >= 4 is 33.2 Å². The van der Waals surface area contributed by atoms with Crippen molar-refractivity contribution in [3.8, 4) is 0 Å². The van der Waals surface area contributed by atoms with Gasteiger partial charge in [-0.3, -0.25) is 4.79 Å². The van der Waals surface area contributed by atoms with E-state index in [0.717, 1.165) is 15.8 Å². The number of carbonyl (C=O) groups is 1. The first-order valence-corrected chi connectivity index (χ1v) is 7.13. The van der Waals surface area contributed by atoms with Gasteiger partial charge in [-0.25, -0.2) is 0 Å². The van der Waals surface area contributed by atoms with E-state index in [0.29, 0.717) is 13.1 Å². The summed E-state index contributed by atoms with van der Waals surface area (Å²) < 4.78 is 1.03. The molecule has 1 aromatic carbocycles. The number of nitrogens with one attached hydrogen (secondary N) is 1. The van der Waals surface area contributed by atoms with Gasteiger partial charge < -0.3 is 15.1 Å². The van der Waals surface area contributed by atoms with Gasteiger partial charge in [0, 0.05) is 23.6 Å². The molecule has 1 aliphatic heterocycles. The van der Waals surface area contributed by atoms with Crippen molar-refractivity contribution in [3.05, 3.63) is 22.7 Å². The van der Waals surface area contributed by atoms with Crippen LogP contribution in [0.1, 0.15) is 13.8 Å². The van der Waals surface area contributed by atoms with E-state index in [1.54, 1.807) is 0 Å². The summed E-state index contributed by atoms with van der Waals surface area (Å²) >= 11 is 3.49. The minimum absolute atomic E-state index is 0.115. The summed E-state index contributed by atoms with van der Waals surface area (Å²) in [6, 6.07) is 6.03. The number of fused-ring (bicyclic) bond motifs is 1. The lowest BCUT2D eigenvalue weighted by Gasteiger charge is -2.39.